The van der Waals surface area contributed by atoms with Gasteiger partial charge in [-0.25, -0.2) is 0 Å². The van der Waals surface area contributed by atoms with Crippen LogP contribution in [0.15, 0.2) is 42.6 Å². The highest BCUT2D eigenvalue weighted by atomic mass is 19.4. The average molecular weight is 445 g/mol. The molecule has 0 bridgehead atoms. The van der Waals surface area contributed by atoms with Crippen molar-refractivity contribution < 1.29 is 35.9 Å². The lowest BCUT2D eigenvalue weighted by molar-refractivity contribution is -0.143. The summed E-state index contributed by atoms with van der Waals surface area (Å²) in [6, 6.07) is 3.85. The SMILES string of the molecule is NC(=O)C1CCC(=O)N([C@@H](c2ccc(C(F)(F)F)cc2)c2ncccc2C(F)(F)F)C1. The van der Waals surface area contributed by atoms with E-state index in [1.807, 2.05) is 0 Å². The smallest absolute Gasteiger partial charge is 0.369 e. The molecule has 2 heterocycles. The molecule has 0 spiro atoms. The van der Waals surface area contributed by atoms with Gasteiger partial charge in [0.25, 0.3) is 0 Å². The van der Waals surface area contributed by atoms with E-state index in [4.69, 9.17) is 5.73 Å². The Balaban J connectivity index is 2.16. The molecule has 1 saturated heterocycles. The molecular weight excluding hydrogens is 428 g/mol. The van der Waals surface area contributed by atoms with Crippen LogP contribution in [-0.4, -0.2) is 28.2 Å². The van der Waals surface area contributed by atoms with Crippen molar-refractivity contribution in [2.24, 2.45) is 11.7 Å². The number of primary amides is 1. The fourth-order valence-corrected chi connectivity index (χ4v) is 3.57. The molecular formula is C20H17F6N3O2. The third-order valence-corrected chi connectivity index (χ3v) is 5.11. The van der Waals surface area contributed by atoms with E-state index in [0.29, 0.717) is 0 Å². The minimum Gasteiger partial charge on any atom is -0.369 e. The van der Waals surface area contributed by atoms with E-state index in [1.54, 1.807) is 0 Å². The van der Waals surface area contributed by atoms with Gasteiger partial charge < -0.3 is 10.6 Å². The lowest BCUT2D eigenvalue weighted by atomic mass is 9.90. The highest BCUT2D eigenvalue weighted by molar-refractivity contribution is 5.83. The van der Waals surface area contributed by atoms with Crippen LogP contribution >= 0.6 is 0 Å². The van der Waals surface area contributed by atoms with Gasteiger partial charge >= 0.3 is 12.4 Å². The zero-order valence-electron chi connectivity index (χ0n) is 15.9. The third-order valence-electron chi connectivity index (χ3n) is 5.11. The quantitative estimate of drug-likeness (QED) is 0.725. The Labute approximate surface area is 172 Å². The van der Waals surface area contributed by atoms with Crippen molar-refractivity contribution in [3.05, 3.63) is 65.0 Å². The lowest BCUT2D eigenvalue weighted by Gasteiger charge is -2.38. The Morgan fingerprint density at radius 1 is 1.06 bits per heavy atom. The van der Waals surface area contributed by atoms with Gasteiger partial charge in [-0.2, -0.15) is 26.3 Å². The molecule has 0 aliphatic carbocycles. The van der Waals surface area contributed by atoms with Crippen LogP contribution in [0, 0.1) is 5.92 Å². The van der Waals surface area contributed by atoms with Gasteiger partial charge in [-0.15, -0.1) is 0 Å². The maximum absolute atomic E-state index is 13.6. The first-order valence-electron chi connectivity index (χ1n) is 9.17. The molecule has 1 fully saturated rings. The van der Waals surface area contributed by atoms with Gasteiger partial charge in [-0.3, -0.25) is 14.6 Å². The number of amides is 2. The summed E-state index contributed by atoms with van der Waals surface area (Å²) < 4.78 is 79.8. The average Bonchev–Trinajstić information content (AvgIpc) is 2.69. The van der Waals surface area contributed by atoms with Gasteiger partial charge in [0.1, 0.15) is 0 Å². The number of nitrogens with zero attached hydrogens (tertiary/aromatic N) is 2. The highest BCUT2D eigenvalue weighted by Crippen LogP contribution is 2.40. The summed E-state index contributed by atoms with van der Waals surface area (Å²) in [7, 11) is 0. The molecule has 1 aliphatic rings. The summed E-state index contributed by atoms with van der Waals surface area (Å²) in [6.45, 7) is -0.270. The number of alkyl halides is 6. The fraction of sp³-hybridized carbons (Fsp3) is 0.350. The lowest BCUT2D eigenvalue weighted by Crippen LogP contribution is -2.46. The summed E-state index contributed by atoms with van der Waals surface area (Å²) >= 11 is 0. The number of halogens is 6. The van der Waals surface area contributed by atoms with Gasteiger partial charge in [0.2, 0.25) is 11.8 Å². The number of carbonyl (C=O) groups is 2. The summed E-state index contributed by atoms with van der Waals surface area (Å²) in [4.78, 5) is 29.1. The van der Waals surface area contributed by atoms with Crippen LogP contribution in [0.2, 0.25) is 0 Å². The molecule has 2 amide bonds. The first-order valence-corrected chi connectivity index (χ1v) is 9.17. The molecule has 1 aromatic carbocycles. The Morgan fingerprint density at radius 2 is 1.71 bits per heavy atom. The molecule has 2 atom stereocenters. The van der Waals surface area contributed by atoms with Crippen LogP contribution in [0.4, 0.5) is 26.3 Å². The molecule has 0 saturated carbocycles. The molecule has 1 unspecified atom stereocenters. The van der Waals surface area contributed by atoms with Crippen molar-refractivity contribution in [3.63, 3.8) is 0 Å². The second-order valence-electron chi connectivity index (χ2n) is 7.14. The predicted molar refractivity (Wildman–Crippen MR) is 96.2 cm³/mol. The topological polar surface area (TPSA) is 76.3 Å². The van der Waals surface area contributed by atoms with E-state index in [9.17, 15) is 35.9 Å². The summed E-state index contributed by atoms with van der Waals surface area (Å²) in [6.07, 6.45) is -8.37. The van der Waals surface area contributed by atoms with E-state index in [-0.39, 0.29) is 24.9 Å². The van der Waals surface area contributed by atoms with Crippen molar-refractivity contribution in [2.75, 3.05) is 6.54 Å². The number of piperidine rings is 1. The van der Waals surface area contributed by atoms with E-state index >= 15 is 0 Å². The Kier molecular flexibility index (Phi) is 5.97. The number of aromatic nitrogens is 1. The second-order valence-corrected chi connectivity index (χ2v) is 7.14. The minimum atomic E-state index is -4.82. The first kappa shape index (κ1) is 22.6. The first-order chi connectivity index (χ1) is 14.4. The maximum Gasteiger partial charge on any atom is 0.418 e. The fourth-order valence-electron chi connectivity index (χ4n) is 3.57. The molecule has 166 valence electrons. The number of benzene rings is 1. The zero-order valence-corrected chi connectivity index (χ0v) is 15.9. The van der Waals surface area contributed by atoms with Crippen LogP contribution in [0.25, 0.3) is 0 Å². The molecule has 2 N–H and O–H groups in total. The number of nitrogens with two attached hydrogens (primary N) is 1. The molecule has 31 heavy (non-hydrogen) atoms. The van der Waals surface area contributed by atoms with Crippen molar-refractivity contribution >= 4 is 11.8 Å². The standard InChI is InChI=1S/C20H17F6N3O2/c21-19(22,23)13-6-3-11(4-7-13)17(16-14(20(24,25)26)2-1-9-28-16)29-10-12(18(27)31)5-8-15(29)30/h1-4,6-7,9,12,17H,5,8,10H2,(H2,27,31)/t12?,17-/m0/s1. The minimum absolute atomic E-state index is 0.00401. The molecule has 5 nitrogen and oxygen atoms in total. The number of hydrogen-bond acceptors (Lipinski definition) is 3. The summed E-state index contributed by atoms with van der Waals surface area (Å²) in [5.74, 6) is -2.07. The molecule has 0 radical (unpaired) electrons. The predicted octanol–water partition coefficient (Wildman–Crippen LogP) is 3.93. The van der Waals surface area contributed by atoms with Crippen molar-refractivity contribution in [1.82, 2.24) is 9.88 Å². The van der Waals surface area contributed by atoms with Crippen LogP contribution in [0.5, 0.6) is 0 Å². The largest absolute Gasteiger partial charge is 0.418 e. The molecule has 1 aliphatic heterocycles. The molecule has 2 aromatic rings. The van der Waals surface area contributed by atoms with Crippen molar-refractivity contribution in [1.29, 1.82) is 0 Å². The molecule has 1 aromatic heterocycles. The number of pyridine rings is 1. The van der Waals surface area contributed by atoms with E-state index < -0.39 is 52.9 Å². The van der Waals surface area contributed by atoms with Gasteiger partial charge in [-0.1, -0.05) is 12.1 Å². The van der Waals surface area contributed by atoms with Crippen LogP contribution in [-0.2, 0) is 21.9 Å². The zero-order chi connectivity index (χ0) is 23.0. The maximum atomic E-state index is 13.6. The second kappa shape index (κ2) is 8.20. The Morgan fingerprint density at radius 3 is 2.26 bits per heavy atom. The molecule has 11 heteroatoms. The highest BCUT2D eigenvalue weighted by Gasteiger charge is 2.41. The Hall–Kier alpha value is -3.11. The van der Waals surface area contributed by atoms with E-state index in [0.717, 1.165) is 47.5 Å². The van der Waals surface area contributed by atoms with Gasteiger partial charge in [0.05, 0.1) is 28.8 Å². The number of rotatable bonds is 4. The van der Waals surface area contributed by atoms with Crippen molar-refractivity contribution in [2.45, 2.75) is 31.2 Å². The number of likely N-dealkylation sites (tertiary alicyclic amines) is 1. The van der Waals surface area contributed by atoms with Gasteiger partial charge in [0.15, 0.2) is 0 Å². The van der Waals surface area contributed by atoms with Crippen LogP contribution in [0.1, 0.15) is 41.3 Å². The van der Waals surface area contributed by atoms with Crippen molar-refractivity contribution in [3.8, 4) is 0 Å². The number of carbonyl (C=O) groups excluding carboxylic acids is 2. The third kappa shape index (κ3) is 4.80. The monoisotopic (exact) mass is 445 g/mol. The van der Waals surface area contributed by atoms with E-state index in [1.165, 1.54) is 0 Å². The van der Waals surface area contributed by atoms with Crippen LogP contribution in [0.3, 0.4) is 0 Å². The summed E-state index contributed by atoms with van der Waals surface area (Å²) in [5, 5.41) is 0. The Bertz CT molecular complexity index is 972. The van der Waals surface area contributed by atoms with Gasteiger partial charge in [0, 0.05) is 19.2 Å². The van der Waals surface area contributed by atoms with Crippen LogP contribution < -0.4 is 5.73 Å². The molecule has 3 rings (SSSR count). The van der Waals surface area contributed by atoms with E-state index in [2.05, 4.69) is 4.98 Å². The summed E-state index contributed by atoms with van der Waals surface area (Å²) in [5.41, 5.74) is 2.65. The normalized spacial score (nSPS) is 18.7. The number of hydrogen-bond donors (Lipinski definition) is 1. The van der Waals surface area contributed by atoms with Gasteiger partial charge in [-0.05, 0) is 36.2 Å².